The van der Waals surface area contributed by atoms with Gasteiger partial charge in [-0.2, -0.15) is 0 Å². The lowest BCUT2D eigenvalue weighted by Crippen LogP contribution is -2.57. The third-order valence-corrected chi connectivity index (χ3v) is 8.07. The van der Waals surface area contributed by atoms with E-state index in [0.717, 1.165) is 50.5 Å². The number of rotatable bonds is 4. The summed E-state index contributed by atoms with van der Waals surface area (Å²) >= 11 is 0. The van der Waals surface area contributed by atoms with Crippen LogP contribution in [0.4, 0.5) is 4.79 Å². The number of methoxy groups -OCH3 is 1. The fraction of sp³-hybridized carbons (Fsp3) is 0.462. The van der Waals surface area contributed by atoms with Crippen molar-refractivity contribution in [3.05, 3.63) is 70.8 Å². The van der Waals surface area contributed by atoms with E-state index in [1.165, 1.54) is 16.7 Å². The van der Waals surface area contributed by atoms with Gasteiger partial charge in [-0.15, -0.1) is 0 Å². The summed E-state index contributed by atoms with van der Waals surface area (Å²) in [5.41, 5.74) is 3.22. The molecule has 5 nitrogen and oxygen atoms in total. The molecular formula is C26H30N2O3. The van der Waals surface area contributed by atoms with Crippen molar-refractivity contribution >= 4 is 11.9 Å². The van der Waals surface area contributed by atoms with Crippen molar-refractivity contribution in [1.29, 1.82) is 0 Å². The van der Waals surface area contributed by atoms with Crippen molar-refractivity contribution in [2.75, 3.05) is 7.11 Å². The smallest absolute Gasteiger partial charge is 0.322 e. The van der Waals surface area contributed by atoms with Crippen molar-refractivity contribution in [2.24, 2.45) is 5.41 Å². The first-order valence-corrected chi connectivity index (χ1v) is 11.2. The number of aryl methyl sites for hydroxylation is 2. The maximum Gasteiger partial charge on any atom is 0.322 e. The van der Waals surface area contributed by atoms with Gasteiger partial charge in [0.25, 0.3) is 5.91 Å². The number of fused-ring (bicyclic) bond motifs is 3. The molecule has 0 bridgehead atoms. The van der Waals surface area contributed by atoms with Crippen LogP contribution in [0.5, 0.6) is 0 Å². The number of carbonyl (C=O) groups excluding carboxylic acids is 2. The van der Waals surface area contributed by atoms with Crippen LogP contribution in [0.2, 0.25) is 0 Å². The minimum absolute atomic E-state index is 0.166. The fourth-order valence-electron chi connectivity index (χ4n) is 6.03. The van der Waals surface area contributed by atoms with E-state index in [0.29, 0.717) is 0 Å². The summed E-state index contributed by atoms with van der Waals surface area (Å²) in [7, 11) is 1.76. The van der Waals surface area contributed by atoms with Gasteiger partial charge in [-0.1, -0.05) is 48.5 Å². The lowest BCUT2D eigenvalue weighted by atomic mass is 9.59. The second-order valence-corrected chi connectivity index (χ2v) is 9.75. The molecular weight excluding hydrogens is 388 g/mol. The van der Waals surface area contributed by atoms with E-state index in [-0.39, 0.29) is 23.0 Å². The van der Waals surface area contributed by atoms with E-state index in [1.54, 1.807) is 7.11 Å². The number of hydrogen-bond donors (Lipinski definition) is 2. The first-order valence-electron chi connectivity index (χ1n) is 11.2. The maximum atomic E-state index is 13.3. The van der Waals surface area contributed by atoms with Crippen LogP contribution < -0.4 is 10.6 Å². The third kappa shape index (κ3) is 3.09. The molecule has 0 aromatic heterocycles. The molecule has 31 heavy (non-hydrogen) atoms. The van der Waals surface area contributed by atoms with Crippen molar-refractivity contribution in [1.82, 2.24) is 10.6 Å². The number of amides is 3. The van der Waals surface area contributed by atoms with Gasteiger partial charge >= 0.3 is 6.03 Å². The van der Waals surface area contributed by atoms with Crippen LogP contribution in [0.3, 0.4) is 0 Å². The average Bonchev–Trinajstić information content (AvgIpc) is 3.24. The Morgan fingerprint density at radius 1 is 0.935 bits per heavy atom. The Balaban J connectivity index is 1.50. The molecule has 2 aromatic rings. The van der Waals surface area contributed by atoms with Crippen LogP contribution in [-0.4, -0.2) is 24.6 Å². The van der Waals surface area contributed by atoms with Gasteiger partial charge in [-0.25, -0.2) is 4.79 Å². The molecule has 1 saturated heterocycles. The quantitative estimate of drug-likeness (QED) is 0.737. The minimum atomic E-state index is -0.975. The standard InChI is InChI=1S/C26H30N2O3/c1-24(31-2)12-14-25(15-13-24)17-20-11-10-19(9-8-18-6-4-3-5-7-18)16-21(20)26(25)22(29)27-23(30)28-26/h3-7,10-11,16H,8-9,12-15,17H2,1-2H3,(H2,27,28,29,30). The Kier molecular flexibility index (Phi) is 4.70. The predicted octanol–water partition coefficient (Wildman–Crippen LogP) is 4.03. The van der Waals surface area contributed by atoms with E-state index >= 15 is 0 Å². The highest BCUT2D eigenvalue weighted by atomic mass is 16.5. The van der Waals surface area contributed by atoms with E-state index in [2.05, 4.69) is 60.0 Å². The topological polar surface area (TPSA) is 67.4 Å². The van der Waals surface area contributed by atoms with Gasteiger partial charge in [0, 0.05) is 12.5 Å². The van der Waals surface area contributed by atoms with E-state index in [9.17, 15) is 9.59 Å². The van der Waals surface area contributed by atoms with Gasteiger partial charge in [0.2, 0.25) is 0 Å². The third-order valence-electron chi connectivity index (χ3n) is 8.07. The molecule has 3 aliphatic rings. The number of carbonyl (C=O) groups is 2. The molecule has 2 aliphatic carbocycles. The van der Waals surface area contributed by atoms with Crippen molar-refractivity contribution < 1.29 is 14.3 Å². The lowest BCUT2D eigenvalue weighted by Gasteiger charge is -2.49. The Hall–Kier alpha value is -2.66. The highest BCUT2D eigenvalue weighted by molar-refractivity contribution is 6.08. The summed E-state index contributed by atoms with van der Waals surface area (Å²) in [5.74, 6) is -0.197. The first-order chi connectivity index (χ1) is 14.9. The van der Waals surface area contributed by atoms with Gasteiger partial charge in [0.1, 0.15) is 0 Å². The number of urea groups is 1. The maximum absolute atomic E-state index is 13.3. The average molecular weight is 419 g/mol. The summed E-state index contributed by atoms with van der Waals surface area (Å²) < 4.78 is 5.76. The number of nitrogens with one attached hydrogen (secondary N) is 2. The largest absolute Gasteiger partial charge is 0.379 e. The molecule has 3 amide bonds. The zero-order chi connectivity index (χ0) is 21.7. The Morgan fingerprint density at radius 2 is 1.65 bits per heavy atom. The van der Waals surface area contributed by atoms with Gasteiger partial charge < -0.3 is 10.1 Å². The molecule has 1 heterocycles. The Labute approximate surface area is 183 Å². The Bertz CT molecular complexity index is 1020. The molecule has 2 aromatic carbocycles. The number of ether oxygens (including phenoxy) is 1. The number of hydrogen-bond acceptors (Lipinski definition) is 3. The molecule has 1 atom stereocenters. The highest BCUT2D eigenvalue weighted by Crippen LogP contribution is 2.60. The van der Waals surface area contributed by atoms with Crippen LogP contribution in [0.15, 0.2) is 48.5 Å². The van der Waals surface area contributed by atoms with Crippen LogP contribution in [0, 0.1) is 5.41 Å². The lowest BCUT2D eigenvalue weighted by molar-refractivity contribution is -0.134. The molecule has 1 saturated carbocycles. The predicted molar refractivity (Wildman–Crippen MR) is 119 cm³/mol. The molecule has 2 N–H and O–H groups in total. The second-order valence-electron chi connectivity index (χ2n) is 9.75. The minimum Gasteiger partial charge on any atom is -0.379 e. The molecule has 2 fully saturated rings. The van der Waals surface area contributed by atoms with Crippen LogP contribution >= 0.6 is 0 Å². The number of imide groups is 1. The van der Waals surface area contributed by atoms with E-state index < -0.39 is 5.54 Å². The summed E-state index contributed by atoms with van der Waals surface area (Å²) in [6.07, 6.45) is 6.11. The summed E-state index contributed by atoms with van der Waals surface area (Å²) in [6, 6.07) is 16.6. The summed E-state index contributed by atoms with van der Waals surface area (Å²) in [4.78, 5) is 25.7. The monoisotopic (exact) mass is 418 g/mol. The molecule has 1 aliphatic heterocycles. The fourth-order valence-corrected chi connectivity index (χ4v) is 6.03. The zero-order valence-electron chi connectivity index (χ0n) is 18.3. The molecule has 5 rings (SSSR count). The van der Waals surface area contributed by atoms with Gasteiger partial charge in [-0.05, 0) is 74.1 Å². The van der Waals surface area contributed by atoms with E-state index in [4.69, 9.17) is 4.74 Å². The Morgan fingerprint density at radius 3 is 2.29 bits per heavy atom. The van der Waals surface area contributed by atoms with Crippen molar-refractivity contribution in [2.45, 2.75) is 63.0 Å². The van der Waals surface area contributed by atoms with Crippen molar-refractivity contribution in [3.63, 3.8) is 0 Å². The summed E-state index contributed by atoms with van der Waals surface area (Å²) in [6.45, 7) is 2.14. The van der Waals surface area contributed by atoms with Gasteiger partial charge in [0.15, 0.2) is 5.54 Å². The SMILES string of the molecule is COC1(C)CCC2(CC1)Cc1ccc(CCc3ccccc3)cc1C21NC(=O)NC1=O. The first kappa shape index (κ1) is 20.3. The molecule has 1 unspecified atom stereocenters. The van der Waals surface area contributed by atoms with Crippen LogP contribution in [-0.2, 0) is 34.3 Å². The molecule has 2 spiro atoms. The van der Waals surface area contributed by atoms with Gasteiger partial charge in [0.05, 0.1) is 5.60 Å². The molecule has 0 radical (unpaired) electrons. The number of benzene rings is 2. The van der Waals surface area contributed by atoms with Gasteiger partial charge in [-0.3, -0.25) is 10.1 Å². The second kappa shape index (κ2) is 7.20. The molecule has 5 heteroatoms. The van der Waals surface area contributed by atoms with Crippen LogP contribution in [0.25, 0.3) is 0 Å². The normalized spacial score (nSPS) is 31.7. The summed E-state index contributed by atoms with van der Waals surface area (Å²) in [5, 5.41) is 5.66. The van der Waals surface area contributed by atoms with Crippen LogP contribution in [0.1, 0.15) is 54.9 Å². The molecule has 162 valence electrons. The highest BCUT2D eigenvalue weighted by Gasteiger charge is 2.66. The van der Waals surface area contributed by atoms with E-state index in [1.807, 2.05) is 6.07 Å². The van der Waals surface area contributed by atoms with Crippen molar-refractivity contribution in [3.8, 4) is 0 Å². The zero-order valence-corrected chi connectivity index (χ0v) is 18.3.